The second kappa shape index (κ2) is 4.20. The SMILES string of the molecule is CN(C)c1ccc(C(N)CO)cn1. The summed E-state index contributed by atoms with van der Waals surface area (Å²) in [6.45, 7) is -0.0526. The normalized spacial score (nSPS) is 12.6. The molecule has 4 nitrogen and oxygen atoms in total. The predicted molar refractivity (Wildman–Crippen MR) is 52.6 cm³/mol. The number of nitrogens with two attached hydrogens (primary N) is 1. The highest BCUT2D eigenvalue weighted by Gasteiger charge is 2.04. The molecule has 3 N–H and O–H groups in total. The van der Waals surface area contributed by atoms with E-state index in [0.29, 0.717) is 0 Å². The molecule has 0 spiro atoms. The maximum absolute atomic E-state index is 8.80. The average Bonchev–Trinajstić information content (AvgIpc) is 2.17. The van der Waals surface area contributed by atoms with Gasteiger partial charge in [-0.3, -0.25) is 0 Å². The Bertz CT molecular complexity index is 258. The van der Waals surface area contributed by atoms with Gasteiger partial charge >= 0.3 is 0 Å². The molecule has 1 aromatic heterocycles. The molecule has 0 amide bonds. The van der Waals surface area contributed by atoms with Crippen molar-refractivity contribution in [3.05, 3.63) is 23.9 Å². The van der Waals surface area contributed by atoms with E-state index in [9.17, 15) is 0 Å². The summed E-state index contributed by atoms with van der Waals surface area (Å²) in [4.78, 5) is 6.09. The minimum absolute atomic E-state index is 0.0526. The quantitative estimate of drug-likeness (QED) is 0.696. The van der Waals surface area contributed by atoms with Gasteiger partial charge < -0.3 is 15.7 Å². The van der Waals surface area contributed by atoms with Crippen LogP contribution in [0.1, 0.15) is 11.6 Å². The molecule has 4 heteroatoms. The van der Waals surface area contributed by atoms with Crippen molar-refractivity contribution in [2.75, 3.05) is 25.6 Å². The second-order valence-corrected chi connectivity index (χ2v) is 3.13. The number of hydrogen-bond donors (Lipinski definition) is 2. The largest absolute Gasteiger partial charge is 0.394 e. The fraction of sp³-hybridized carbons (Fsp3) is 0.444. The fourth-order valence-electron chi connectivity index (χ4n) is 0.987. The molecule has 0 aromatic carbocycles. The first kappa shape index (κ1) is 9.95. The van der Waals surface area contributed by atoms with E-state index in [2.05, 4.69) is 4.98 Å². The third kappa shape index (κ3) is 2.40. The Morgan fingerprint density at radius 3 is 2.62 bits per heavy atom. The van der Waals surface area contributed by atoms with Crippen LogP contribution in [0.5, 0.6) is 0 Å². The Hall–Kier alpha value is -1.13. The number of anilines is 1. The van der Waals surface area contributed by atoms with E-state index in [1.807, 2.05) is 31.1 Å². The van der Waals surface area contributed by atoms with Crippen molar-refractivity contribution < 1.29 is 5.11 Å². The lowest BCUT2D eigenvalue weighted by Crippen LogP contribution is -2.16. The van der Waals surface area contributed by atoms with E-state index in [4.69, 9.17) is 10.8 Å². The summed E-state index contributed by atoms with van der Waals surface area (Å²) in [5.41, 5.74) is 6.47. The van der Waals surface area contributed by atoms with Gasteiger partial charge in [-0.25, -0.2) is 4.98 Å². The topological polar surface area (TPSA) is 62.4 Å². The van der Waals surface area contributed by atoms with Crippen LogP contribution in [0.4, 0.5) is 5.82 Å². The fourth-order valence-corrected chi connectivity index (χ4v) is 0.987. The van der Waals surface area contributed by atoms with Crippen molar-refractivity contribution >= 4 is 5.82 Å². The number of aromatic nitrogens is 1. The van der Waals surface area contributed by atoms with Crippen LogP contribution in [0.2, 0.25) is 0 Å². The highest BCUT2D eigenvalue weighted by atomic mass is 16.3. The Labute approximate surface area is 78.0 Å². The molecule has 0 fully saturated rings. The molecule has 1 unspecified atom stereocenters. The van der Waals surface area contributed by atoms with E-state index in [-0.39, 0.29) is 12.6 Å². The van der Waals surface area contributed by atoms with Crippen LogP contribution in [0.15, 0.2) is 18.3 Å². The van der Waals surface area contributed by atoms with Gasteiger partial charge in [-0.05, 0) is 11.6 Å². The summed E-state index contributed by atoms with van der Waals surface area (Å²) >= 11 is 0. The second-order valence-electron chi connectivity index (χ2n) is 3.13. The van der Waals surface area contributed by atoms with Gasteiger partial charge in [0.1, 0.15) is 5.82 Å². The maximum Gasteiger partial charge on any atom is 0.127 e. The molecule has 0 saturated carbocycles. The Kier molecular flexibility index (Phi) is 3.22. The number of aliphatic hydroxyl groups excluding tert-OH is 1. The summed E-state index contributed by atoms with van der Waals surface area (Å²) in [5.74, 6) is 0.883. The van der Waals surface area contributed by atoms with Gasteiger partial charge in [-0.2, -0.15) is 0 Å². The zero-order valence-electron chi connectivity index (χ0n) is 7.94. The van der Waals surface area contributed by atoms with E-state index in [1.54, 1.807) is 6.20 Å². The van der Waals surface area contributed by atoms with Crippen LogP contribution >= 0.6 is 0 Å². The summed E-state index contributed by atoms with van der Waals surface area (Å²) in [7, 11) is 3.85. The lowest BCUT2D eigenvalue weighted by molar-refractivity contribution is 0.268. The summed E-state index contributed by atoms with van der Waals surface area (Å²) < 4.78 is 0. The third-order valence-electron chi connectivity index (χ3n) is 1.85. The Morgan fingerprint density at radius 2 is 2.23 bits per heavy atom. The molecule has 0 aliphatic heterocycles. The molecule has 1 rings (SSSR count). The third-order valence-corrected chi connectivity index (χ3v) is 1.85. The zero-order valence-corrected chi connectivity index (χ0v) is 7.94. The molecule has 0 saturated heterocycles. The number of nitrogens with zero attached hydrogens (tertiary/aromatic N) is 2. The maximum atomic E-state index is 8.80. The van der Waals surface area contributed by atoms with Gasteiger partial charge in [0.2, 0.25) is 0 Å². The molecular weight excluding hydrogens is 166 g/mol. The lowest BCUT2D eigenvalue weighted by Gasteiger charge is -2.13. The summed E-state index contributed by atoms with van der Waals surface area (Å²) in [6, 6.07) is 3.43. The van der Waals surface area contributed by atoms with Crippen LogP contribution in [0.25, 0.3) is 0 Å². The number of rotatable bonds is 3. The van der Waals surface area contributed by atoms with Gasteiger partial charge in [0.25, 0.3) is 0 Å². The van der Waals surface area contributed by atoms with E-state index >= 15 is 0 Å². The molecule has 0 aliphatic rings. The van der Waals surface area contributed by atoms with E-state index in [1.165, 1.54) is 0 Å². The lowest BCUT2D eigenvalue weighted by atomic mass is 10.1. The molecule has 0 aliphatic carbocycles. The van der Waals surface area contributed by atoms with Gasteiger partial charge in [0, 0.05) is 20.3 Å². The van der Waals surface area contributed by atoms with Crippen molar-refractivity contribution in [1.82, 2.24) is 4.98 Å². The van der Waals surface area contributed by atoms with Crippen LogP contribution in [0, 0.1) is 0 Å². The summed E-state index contributed by atoms with van der Waals surface area (Å²) in [6.07, 6.45) is 1.69. The van der Waals surface area contributed by atoms with Crippen LogP contribution in [0.3, 0.4) is 0 Å². The zero-order chi connectivity index (χ0) is 9.84. The van der Waals surface area contributed by atoms with Crippen molar-refractivity contribution in [2.45, 2.75) is 6.04 Å². The molecule has 1 atom stereocenters. The van der Waals surface area contributed by atoms with Crippen molar-refractivity contribution in [3.63, 3.8) is 0 Å². The molecular formula is C9H15N3O. The Morgan fingerprint density at radius 1 is 1.54 bits per heavy atom. The van der Waals surface area contributed by atoms with Crippen LogP contribution in [-0.2, 0) is 0 Å². The van der Waals surface area contributed by atoms with Crippen LogP contribution < -0.4 is 10.6 Å². The van der Waals surface area contributed by atoms with Gasteiger partial charge in [0.15, 0.2) is 0 Å². The first-order chi connectivity index (χ1) is 6.15. The number of aliphatic hydroxyl groups is 1. The highest BCUT2D eigenvalue weighted by Crippen LogP contribution is 2.12. The predicted octanol–water partition coefficient (Wildman–Crippen LogP) is 0.140. The molecule has 0 bridgehead atoms. The van der Waals surface area contributed by atoms with Gasteiger partial charge in [-0.1, -0.05) is 6.07 Å². The van der Waals surface area contributed by atoms with E-state index in [0.717, 1.165) is 11.4 Å². The first-order valence-electron chi connectivity index (χ1n) is 4.15. The molecule has 0 radical (unpaired) electrons. The van der Waals surface area contributed by atoms with Gasteiger partial charge in [0.05, 0.1) is 12.6 Å². The standard InChI is InChI=1S/C9H15N3O/c1-12(2)9-4-3-7(5-11-9)8(10)6-13/h3-5,8,13H,6,10H2,1-2H3. The van der Waals surface area contributed by atoms with Crippen molar-refractivity contribution in [2.24, 2.45) is 5.73 Å². The smallest absolute Gasteiger partial charge is 0.127 e. The van der Waals surface area contributed by atoms with E-state index < -0.39 is 0 Å². The monoisotopic (exact) mass is 181 g/mol. The first-order valence-corrected chi connectivity index (χ1v) is 4.15. The minimum atomic E-state index is -0.330. The highest BCUT2D eigenvalue weighted by molar-refractivity contribution is 5.37. The van der Waals surface area contributed by atoms with Crippen molar-refractivity contribution in [3.8, 4) is 0 Å². The molecule has 72 valence electrons. The average molecular weight is 181 g/mol. The van der Waals surface area contributed by atoms with Crippen LogP contribution in [-0.4, -0.2) is 30.8 Å². The van der Waals surface area contributed by atoms with Gasteiger partial charge in [-0.15, -0.1) is 0 Å². The number of hydrogen-bond acceptors (Lipinski definition) is 4. The molecule has 1 aromatic rings. The molecule has 13 heavy (non-hydrogen) atoms. The van der Waals surface area contributed by atoms with Crippen molar-refractivity contribution in [1.29, 1.82) is 0 Å². The Balaban J connectivity index is 2.81. The minimum Gasteiger partial charge on any atom is -0.394 e. The number of pyridine rings is 1. The summed E-state index contributed by atoms with van der Waals surface area (Å²) in [5, 5.41) is 8.80. The molecule has 1 heterocycles.